The third-order valence-corrected chi connectivity index (χ3v) is 2.75. The van der Waals surface area contributed by atoms with Gasteiger partial charge >= 0.3 is 0 Å². The number of benzene rings is 1. The summed E-state index contributed by atoms with van der Waals surface area (Å²) >= 11 is 0. The number of nitrogens with two attached hydrogens (primary N) is 1. The van der Waals surface area contributed by atoms with Gasteiger partial charge in [-0.05, 0) is 23.7 Å². The molecule has 2 N–H and O–H groups in total. The average molecular weight is 267 g/mol. The van der Waals surface area contributed by atoms with Crippen molar-refractivity contribution in [2.24, 2.45) is 5.73 Å². The summed E-state index contributed by atoms with van der Waals surface area (Å²) in [6.45, 7) is 0.572. The SMILES string of the molecule is NCCc1cnc(-n2nnc(-c3ccccc3)n2)nc1. The van der Waals surface area contributed by atoms with Gasteiger partial charge in [0.25, 0.3) is 5.95 Å². The summed E-state index contributed by atoms with van der Waals surface area (Å²) in [5.74, 6) is 0.931. The number of tetrazole rings is 1. The van der Waals surface area contributed by atoms with Crippen LogP contribution >= 0.6 is 0 Å². The van der Waals surface area contributed by atoms with Gasteiger partial charge in [0.05, 0.1) is 0 Å². The molecule has 0 bridgehead atoms. The van der Waals surface area contributed by atoms with Crippen LogP contribution in [0, 0.1) is 0 Å². The highest BCUT2D eigenvalue weighted by Gasteiger charge is 2.08. The number of nitrogens with zero attached hydrogens (tertiary/aromatic N) is 6. The maximum Gasteiger partial charge on any atom is 0.270 e. The molecule has 0 unspecified atom stereocenters. The van der Waals surface area contributed by atoms with Crippen LogP contribution in [0.4, 0.5) is 0 Å². The molecule has 100 valence electrons. The van der Waals surface area contributed by atoms with E-state index >= 15 is 0 Å². The molecule has 7 heteroatoms. The van der Waals surface area contributed by atoms with Crippen molar-refractivity contribution in [1.29, 1.82) is 0 Å². The second kappa shape index (κ2) is 5.54. The second-order valence-electron chi connectivity index (χ2n) is 4.20. The number of rotatable bonds is 4. The van der Waals surface area contributed by atoms with Crippen LogP contribution in [0.2, 0.25) is 0 Å². The molecule has 0 aliphatic carbocycles. The summed E-state index contributed by atoms with van der Waals surface area (Å²) in [5.41, 5.74) is 7.37. The lowest BCUT2D eigenvalue weighted by Gasteiger charge is -1.99. The Bertz CT molecular complexity index is 675. The van der Waals surface area contributed by atoms with E-state index in [1.807, 2.05) is 30.3 Å². The predicted octanol–water partition coefficient (Wildman–Crippen LogP) is 0.620. The second-order valence-corrected chi connectivity index (χ2v) is 4.20. The molecule has 20 heavy (non-hydrogen) atoms. The van der Waals surface area contributed by atoms with Crippen molar-refractivity contribution >= 4 is 0 Å². The monoisotopic (exact) mass is 267 g/mol. The highest BCUT2D eigenvalue weighted by atomic mass is 15.6. The molecule has 0 aliphatic heterocycles. The van der Waals surface area contributed by atoms with E-state index in [0.717, 1.165) is 17.5 Å². The molecule has 0 fully saturated rings. The van der Waals surface area contributed by atoms with Crippen LogP contribution in [0.5, 0.6) is 0 Å². The van der Waals surface area contributed by atoms with Crippen molar-refractivity contribution in [3.63, 3.8) is 0 Å². The van der Waals surface area contributed by atoms with Crippen LogP contribution in [-0.4, -0.2) is 36.7 Å². The summed E-state index contributed by atoms with van der Waals surface area (Å²) in [6, 6.07) is 9.63. The Balaban J connectivity index is 1.86. The Morgan fingerprint density at radius 3 is 2.50 bits per heavy atom. The molecule has 0 aliphatic rings. The minimum atomic E-state index is 0.389. The highest BCUT2D eigenvalue weighted by Crippen LogP contribution is 2.12. The fourth-order valence-electron chi connectivity index (χ4n) is 1.75. The minimum absolute atomic E-state index is 0.389. The van der Waals surface area contributed by atoms with E-state index in [1.165, 1.54) is 4.80 Å². The van der Waals surface area contributed by atoms with Gasteiger partial charge in [-0.15, -0.1) is 10.2 Å². The van der Waals surface area contributed by atoms with Gasteiger partial charge in [0.2, 0.25) is 5.82 Å². The average Bonchev–Trinajstić information content (AvgIpc) is 2.99. The Morgan fingerprint density at radius 2 is 1.80 bits per heavy atom. The standard InChI is InChI=1S/C13H13N7/c14-7-6-10-8-15-13(16-9-10)20-18-12(17-19-20)11-4-2-1-3-5-11/h1-5,8-9H,6-7,14H2. The molecule has 0 saturated heterocycles. The fourth-order valence-corrected chi connectivity index (χ4v) is 1.75. The molecule has 0 radical (unpaired) electrons. The van der Waals surface area contributed by atoms with Gasteiger partial charge in [-0.3, -0.25) is 0 Å². The zero-order valence-electron chi connectivity index (χ0n) is 10.7. The van der Waals surface area contributed by atoms with Gasteiger partial charge in [-0.1, -0.05) is 35.1 Å². The number of hydrogen-bond donors (Lipinski definition) is 1. The van der Waals surface area contributed by atoms with Crippen molar-refractivity contribution in [3.05, 3.63) is 48.3 Å². The summed E-state index contributed by atoms with van der Waals surface area (Å²) in [4.78, 5) is 9.73. The van der Waals surface area contributed by atoms with E-state index in [4.69, 9.17) is 5.73 Å². The Kier molecular flexibility index (Phi) is 3.42. The van der Waals surface area contributed by atoms with Gasteiger partial charge in [-0.2, -0.15) is 0 Å². The molecular weight excluding hydrogens is 254 g/mol. The first-order chi connectivity index (χ1) is 9.86. The van der Waals surface area contributed by atoms with Gasteiger partial charge in [-0.25, -0.2) is 9.97 Å². The molecule has 0 spiro atoms. The quantitative estimate of drug-likeness (QED) is 0.744. The molecule has 3 rings (SSSR count). The zero-order chi connectivity index (χ0) is 13.8. The third-order valence-electron chi connectivity index (χ3n) is 2.75. The first kappa shape index (κ1) is 12.4. The van der Waals surface area contributed by atoms with E-state index < -0.39 is 0 Å². The van der Waals surface area contributed by atoms with Gasteiger partial charge in [0.15, 0.2) is 0 Å². The van der Waals surface area contributed by atoms with E-state index in [1.54, 1.807) is 12.4 Å². The molecule has 1 aromatic carbocycles. The van der Waals surface area contributed by atoms with Gasteiger partial charge in [0, 0.05) is 18.0 Å². The molecule has 7 nitrogen and oxygen atoms in total. The smallest absolute Gasteiger partial charge is 0.270 e. The first-order valence-corrected chi connectivity index (χ1v) is 6.23. The molecule has 3 aromatic rings. The van der Waals surface area contributed by atoms with Crippen LogP contribution in [0.25, 0.3) is 17.3 Å². The van der Waals surface area contributed by atoms with Crippen LogP contribution < -0.4 is 5.73 Å². The summed E-state index contributed by atoms with van der Waals surface area (Å²) in [6.07, 6.45) is 4.20. The normalized spacial score (nSPS) is 10.7. The molecule has 0 atom stereocenters. The maximum atomic E-state index is 5.48. The Labute approximate surface area is 115 Å². The summed E-state index contributed by atoms with van der Waals surface area (Å²) in [5, 5.41) is 12.2. The van der Waals surface area contributed by atoms with Crippen molar-refractivity contribution in [2.75, 3.05) is 6.54 Å². The van der Waals surface area contributed by atoms with Gasteiger partial charge < -0.3 is 5.73 Å². The lowest BCUT2D eigenvalue weighted by molar-refractivity contribution is 0.675. The Morgan fingerprint density at radius 1 is 1.05 bits per heavy atom. The maximum absolute atomic E-state index is 5.48. The van der Waals surface area contributed by atoms with E-state index in [0.29, 0.717) is 18.3 Å². The van der Waals surface area contributed by atoms with Crippen LogP contribution in [-0.2, 0) is 6.42 Å². The molecule has 0 amide bonds. The van der Waals surface area contributed by atoms with Crippen LogP contribution in [0.1, 0.15) is 5.56 Å². The summed E-state index contributed by atoms with van der Waals surface area (Å²) < 4.78 is 0. The minimum Gasteiger partial charge on any atom is -0.330 e. The third kappa shape index (κ3) is 2.52. The first-order valence-electron chi connectivity index (χ1n) is 6.23. The molecule has 2 heterocycles. The molecular formula is C13H13N7. The van der Waals surface area contributed by atoms with Crippen LogP contribution in [0.15, 0.2) is 42.7 Å². The molecule has 0 saturated carbocycles. The lowest BCUT2D eigenvalue weighted by atomic mass is 10.2. The largest absolute Gasteiger partial charge is 0.330 e. The Hall–Kier alpha value is -2.67. The lowest BCUT2D eigenvalue weighted by Crippen LogP contribution is -2.07. The zero-order valence-corrected chi connectivity index (χ0v) is 10.7. The van der Waals surface area contributed by atoms with Crippen molar-refractivity contribution in [2.45, 2.75) is 6.42 Å². The highest BCUT2D eigenvalue weighted by molar-refractivity contribution is 5.53. The number of hydrogen-bond acceptors (Lipinski definition) is 6. The van der Waals surface area contributed by atoms with E-state index in [2.05, 4.69) is 25.4 Å². The van der Waals surface area contributed by atoms with Crippen molar-refractivity contribution in [3.8, 4) is 17.3 Å². The van der Waals surface area contributed by atoms with Crippen molar-refractivity contribution < 1.29 is 0 Å². The van der Waals surface area contributed by atoms with Gasteiger partial charge in [0.1, 0.15) is 0 Å². The number of aromatic nitrogens is 6. The van der Waals surface area contributed by atoms with Crippen molar-refractivity contribution in [1.82, 2.24) is 30.2 Å². The van der Waals surface area contributed by atoms with E-state index in [9.17, 15) is 0 Å². The fraction of sp³-hybridized carbons (Fsp3) is 0.154. The molecule has 2 aromatic heterocycles. The predicted molar refractivity (Wildman–Crippen MR) is 72.9 cm³/mol. The van der Waals surface area contributed by atoms with E-state index in [-0.39, 0.29) is 0 Å². The summed E-state index contributed by atoms with van der Waals surface area (Å²) in [7, 11) is 0. The topological polar surface area (TPSA) is 95.4 Å². The van der Waals surface area contributed by atoms with Crippen LogP contribution in [0.3, 0.4) is 0 Å².